The summed E-state index contributed by atoms with van der Waals surface area (Å²) in [6.45, 7) is 5.62. The van der Waals surface area contributed by atoms with Crippen molar-refractivity contribution < 1.29 is 13.9 Å². The third-order valence-corrected chi connectivity index (χ3v) is 5.85. The minimum absolute atomic E-state index is 0.0835. The molecule has 0 radical (unpaired) electrons. The molecule has 0 amide bonds. The molecular formula is C22H26FN5O2. The molecule has 0 spiro atoms. The van der Waals surface area contributed by atoms with Gasteiger partial charge in [0.15, 0.2) is 5.65 Å². The number of anilines is 1. The highest BCUT2D eigenvalue weighted by Gasteiger charge is 2.28. The van der Waals surface area contributed by atoms with Gasteiger partial charge >= 0.3 is 0 Å². The fourth-order valence-corrected chi connectivity index (χ4v) is 4.33. The quantitative estimate of drug-likeness (QED) is 0.622. The Morgan fingerprint density at radius 2 is 2.03 bits per heavy atom. The van der Waals surface area contributed by atoms with Crippen LogP contribution >= 0.6 is 0 Å². The van der Waals surface area contributed by atoms with Crippen molar-refractivity contribution in [2.75, 3.05) is 50.9 Å². The summed E-state index contributed by atoms with van der Waals surface area (Å²) in [7, 11) is 0. The minimum Gasteiger partial charge on any atom is -0.492 e. The van der Waals surface area contributed by atoms with E-state index >= 15 is 0 Å². The van der Waals surface area contributed by atoms with Crippen LogP contribution in [0.5, 0.6) is 5.75 Å². The number of halogens is 1. The lowest BCUT2D eigenvalue weighted by Crippen LogP contribution is -2.38. The lowest BCUT2D eigenvalue weighted by Gasteiger charge is -2.27. The van der Waals surface area contributed by atoms with Crippen LogP contribution < -0.4 is 9.64 Å². The van der Waals surface area contributed by atoms with Crippen molar-refractivity contribution in [3.8, 4) is 5.75 Å². The number of rotatable bonds is 6. The van der Waals surface area contributed by atoms with Crippen LogP contribution in [0, 0.1) is 5.82 Å². The highest BCUT2D eigenvalue weighted by atomic mass is 19.1. The summed E-state index contributed by atoms with van der Waals surface area (Å²) >= 11 is 0. The molecule has 2 fully saturated rings. The predicted octanol–water partition coefficient (Wildman–Crippen LogP) is 2.92. The van der Waals surface area contributed by atoms with Crippen molar-refractivity contribution in [1.29, 1.82) is 0 Å². The molecule has 2 aliphatic rings. The number of benzene rings is 1. The molecule has 2 aromatic heterocycles. The second kappa shape index (κ2) is 8.57. The lowest BCUT2D eigenvalue weighted by atomic mass is 10.0. The molecule has 0 saturated carbocycles. The Kier molecular flexibility index (Phi) is 5.50. The van der Waals surface area contributed by atoms with E-state index in [-0.39, 0.29) is 11.9 Å². The summed E-state index contributed by atoms with van der Waals surface area (Å²) in [6, 6.07) is 9.01. The molecule has 4 heterocycles. The Morgan fingerprint density at radius 3 is 2.93 bits per heavy atom. The molecule has 2 saturated heterocycles. The number of morpholine rings is 1. The molecule has 3 aromatic rings. The van der Waals surface area contributed by atoms with Crippen LogP contribution in [0.3, 0.4) is 0 Å². The van der Waals surface area contributed by atoms with Gasteiger partial charge in [0, 0.05) is 44.5 Å². The van der Waals surface area contributed by atoms with Gasteiger partial charge in [-0.25, -0.2) is 13.9 Å². The monoisotopic (exact) mass is 411 g/mol. The molecule has 0 aliphatic carbocycles. The van der Waals surface area contributed by atoms with Gasteiger partial charge in [0.1, 0.15) is 24.0 Å². The number of hydrogen-bond donors (Lipinski definition) is 0. The maximum Gasteiger partial charge on any atom is 0.157 e. The zero-order valence-corrected chi connectivity index (χ0v) is 16.9. The van der Waals surface area contributed by atoms with Gasteiger partial charge < -0.3 is 14.4 Å². The highest BCUT2D eigenvalue weighted by molar-refractivity contribution is 5.50. The molecule has 1 aromatic carbocycles. The molecule has 2 aliphatic heterocycles. The first-order chi connectivity index (χ1) is 14.8. The average Bonchev–Trinajstić information content (AvgIpc) is 3.43. The van der Waals surface area contributed by atoms with Gasteiger partial charge in [0.05, 0.1) is 25.5 Å². The van der Waals surface area contributed by atoms with E-state index in [4.69, 9.17) is 14.5 Å². The standard InChI is InChI=1S/C22H26FN5O2/c23-18-14-17(15-19(16-18)30-13-10-26-8-11-29-12-9-26)20-2-1-6-27(20)21-4-7-28-22(25-21)3-5-24-28/h3-5,7,14-16,20H,1-2,6,8-13H2/t20-/m1/s1. The van der Waals surface area contributed by atoms with E-state index in [9.17, 15) is 4.39 Å². The van der Waals surface area contributed by atoms with Gasteiger partial charge in [0.2, 0.25) is 0 Å². The Balaban J connectivity index is 1.31. The fraction of sp³-hybridized carbons (Fsp3) is 0.455. The Morgan fingerprint density at radius 1 is 1.13 bits per heavy atom. The maximum atomic E-state index is 14.4. The number of hydrogen-bond acceptors (Lipinski definition) is 6. The molecule has 0 N–H and O–H groups in total. The maximum absolute atomic E-state index is 14.4. The summed E-state index contributed by atoms with van der Waals surface area (Å²) in [4.78, 5) is 9.28. The summed E-state index contributed by atoms with van der Waals surface area (Å²) in [5.74, 6) is 1.22. The number of aromatic nitrogens is 3. The summed E-state index contributed by atoms with van der Waals surface area (Å²) in [6.07, 6.45) is 5.66. The normalized spacial score (nSPS) is 20.2. The zero-order valence-electron chi connectivity index (χ0n) is 16.9. The van der Waals surface area contributed by atoms with Crippen molar-refractivity contribution in [3.63, 3.8) is 0 Å². The SMILES string of the molecule is Fc1cc(OCCN2CCOCC2)cc([C@H]2CCCN2c2ccn3nccc3n2)c1. The summed E-state index contributed by atoms with van der Waals surface area (Å²) in [5, 5.41) is 4.21. The zero-order chi connectivity index (χ0) is 20.3. The molecule has 1 atom stereocenters. The Hall–Kier alpha value is -2.71. The van der Waals surface area contributed by atoms with Crippen LogP contribution in [0.25, 0.3) is 5.65 Å². The van der Waals surface area contributed by atoms with Crippen molar-refractivity contribution >= 4 is 11.5 Å². The number of nitrogens with zero attached hydrogens (tertiary/aromatic N) is 5. The molecule has 0 bridgehead atoms. The molecular weight excluding hydrogens is 385 g/mol. The van der Waals surface area contributed by atoms with E-state index in [2.05, 4.69) is 14.9 Å². The molecule has 5 rings (SSSR count). The largest absolute Gasteiger partial charge is 0.492 e. The third-order valence-electron chi connectivity index (χ3n) is 5.85. The van der Waals surface area contributed by atoms with Gasteiger partial charge in [-0.05, 0) is 36.6 Å². The van der Waals surface area contributed by atoms with E-state index in [0.29, 0.717) is 12.4 Å². The van der Waals surface area contributed by atoms with E-state index in [1.807, 2.05) is 24.4 Å². The average molecular weight is 411 g/mol. The molecule has 0 unspecified atom stereocenters. The topological polar surface area (TPSA) is 55.1 Å². The first-order valence-corrected chi connectivity index (χ1v) is 10.6. The van der Waals surface area contributed by atoms with Crippen molar-refractivity contribution in [1.82, 2.24) is 19.5 Å². The smallest absolute Gasteiger partial charge is 0.157 e. The number of ether oxygens (including phenoxy) is 2. The van der Waals surface area contributed by atoms with Gasteiger partial charge in [-0.3, -0.25) is 4.90 Å². The second-order valence-corrected chi connectivity index (χ2v) is 7.79. The van der Waals surface area contributed by atoms with Crippen LogP contribution in [-0.4, -0.2) is 65.5 Å². The van der Waals surface area contributed by atoms with Gasteiger partial charge in [-0.15, -0.1) is 0 Å². The Bertz CT molecular complexity index is 1000. The van der Waals surface area contributed by atoms with Crippen molar-refractivity contribution in [2.45, 2.75) is 18.9 Å². The van der Waals surface area contributed by atoms with E-state index in [1.165, 1.54) is 6.07 Å². The first kappa shape index (κ1) is 19.3. The second-order valence-electron chi connectivity index (χ2n) is 7.79. The van der Waals surface area contributed by atoms with Gasteiger partial charge in [-0.2, -0.15) is 5.10 Å². The number of fused-ring (bicyclic) bond motifs is 1. The minimum atomic E-state index is -0.264. The van der Waals surface area contributed by atoms with Gasteiger partial charge in [0.25, 0.3) is 0 Å². The van der Waals surface area contributed by atoms with Crippen molar-refractivity contribution in [2.24, 2.45) is 0 Å². The van der Waals surface area contributed by atoms with Crippen molar-refractivity contribution in [3.05, 3.63) is 54.1 Å². The van der Waals surface area contributed by atoms with Crippen LogP contribution in [0.2, 0.25) is 0 Å². The predicted molar refractivity (Wildman–Crippen MR) is 111 cm³/mol. The van der Waals surface area contributed by atoms with E-state index in [0.717, 1.165) is 69.3 Å². The van der Waals surface area contributed by atoms with Crippen LogP contribution in [0.15, 0.2) is 42.7 Å². The molecule has 7 nitrogen and oxygen atoms in total. The van der Waals surface area contributed by atoms with E-state index < -0.39 is 0 Å². The summed E-state index contributed by atoms with van der Waals surface area (Å²) < 4.78 is 27.4. The van der Waals surface area contributed by atoms with Crippen LogP contribution in [0.1, 0.15) is 24.4 Å². The van der Waals surface area contributed by atoms with E-state index in [1.54, 1.807) is 16.8 Å². The van der Waals surface area contributed by atoms with Crippen LogP contribution in [0.4, 0.5) is 10.2 Å². The lowest BCUT2D eigenvalue weighted by molar-refractivity contribution is 0.0322. The Labute approximate surface area is 175 Å². The molecule has 8 heteroatoms. The van der Waals surface area contributed by atoms with Gasteiger partial charge in [-0.1, -0.05) is 0 Å². The summed E-state index contributed by atoms with van der Waals surface area (Å²) in [5.41, 5.74) is 1.74. The molecule has 30 heavy (non-hydrogen) atoms. The van der Waals surface area contributed by atoms with Crippen LogP contribution in [-0.2, 0) is 4.74 Å². The molecule has 158 valence electrons. The highest BCUT2D eigenvalue weighted by Crippen LogP contribution is 2.37. The fourth-order valence-electron chi connectivity index (χ4n) is 4.33. The first-order valence-electron chi connectivity index (χ1n) is 10.6. The third kappa shape index (κ3) is 4.11.